The van der Waals surface area contributed by atoms with Crippen molar-refractivity contribution in [1.29, 1.82) is 0 Å². The molecule has 10 heterocycles. The fourth-order valence-electron chi connectivity index (χ4n) is 9.36. The smallest absolute Gasteiger partial charge is 0.387 e. The van der Waals surface area contributed by atoms with Crippen LogP contribution in [-0.4, -0.2) is 203 Å². The van der Waals surface area contributed by atoms with Gasteiger partial charge in [0.2, 0.25) is 5.95 Å². The van der Waals surface area contributed by atoms with Crippen LogP contribution >= 0.6 is 31.7 Å². The quantitative estimate of drug-likeness (QED) is 0.0282. The molecule has 0 aliphatic carbocycles. The average molecular weight is 1290 g/mol. The normalized spacial score (nSPS) is 32.0. The Morgan fingerprint density at radius 1 is 0.576 bits per heavy atom. The number of aromatic amines is 2. The van der Waals surface area contributed by atoms with Gasteiger partial charge in [0.1, 0.15) is 97.5 Å². The van der Waals surface area contributed by atoms with Gasteiger partial charge in [-0.05, 0) is 6.07 Å². The maximum atomic E-state index is 14.0. The Labute approximate surface area is 469 Å². The number of imidazole rings is 2. The number of H-pyrrole nitrogens is 2. The van der Waals surface area contributed by atoms with E-state index in [1.165, 1.54) is 10.9 Å². The predicted molar refractivity (Wildman–Crippen MR) is 270 cm³/mol. The molecule has 462 valence electrons. The van der Waals surface area contributed by atoms with Crippen LogP contribution in [-0.2, 0) is 68.9 Å². The number of aromatic nitrogens is 12. The third-order valence-electron chi connectivity index (χ3n) is 13.2. The van der Waals surface area contributed by atoms with Crippen molar-refractivity contribution in [2.45, 2.75) is 98.2 Å². The van der Waals surface area contributed by atoms with Gasteiger partial charge in [0.15, 0.2) is 47.5 Å². The van der Waals surface area contributed by atoms with Gasteiger partial charge in [-0.25, -0.2) is 43.2 Å². The number of phosphoric ester groups is 3. The van der Waals surface area contributed by atoms with Crippen LogP contribution in [0.1, 0.15) is 24.9 Å². The van der Waals surface area contributed by atoms with Crippen LogP contribution in [0.5, 0.6) is 0 Å². The van der Waals surface area contributed by atoms with Crippen LogP contribution in [0, 0.1) is 0 Å². The molecule has 0 bridgehead atoms. The zero-order chi connectivity index (χ0) is 61.2. The number of nitrogens with zero attached hydrogens (tertiary/aromatic N) is 10. The van der Waals surface area contributed by atoms with E-state index in [4.69, 9.17) is 63.3 Å². The monoisotopic (exact) mass is 1290 g/mol. The number of aliphatic hydroxyl groups is 5. The van der Waals surface area contributed by atoms with E-state index in [1.807, 2.05) is 4.98 Å². The second-order valence-electron chi connectivity index (χ2n) is 18.7. The zero-order valence-electron chi connectivity index (χ0n) is 42.4. The Balaban J connectivity index is 0.866. The average Bonchev–Trinajstić information content (AvgIpc) is 2.28. The van der Waals surface area contributed by atoms with E-state index in [-0.39, 0.29) is 34.0 Å². The van der Waals surface area contributed by atoms with Crippen LogP contribution in [0.4, 0.5) is 17.6 Å². The third-order valence-corrected chi connectivity index (χ3v) is 16.5. The first-order valence-electron chi connectivity index (χ1n) is 24.2. The molecule has 4 aliphatic rings. The van der Waals surface area contributed by atoms with Crippen LogP contribution in [0.2, 0.25) is 0 Å². The fourth-order valence-corrected chi connectivity index (χ4v) is 12.5. The number of hydrogen-bond donors (Lipinski definition) is 14. The van der Waals surface area contributed by atoms with E-state index in [9.17, 15) is 82.5 Å². The summed E-state index contributed by atoms with van der Waals surface area (Å²) < 4.78 is 115. The van der Waals surface area contributed by atoms with Crippen LogP contribution < -0.4 is 39.7 Å². The second-order valence-corrected chi connectivity index (χ2v) is 23.6. The molecule has 4 fully saturated rings. The molecule has 4 aliphatic heterocycles. The summed E-state index contributed by atoms with van der Waals surface area (Å²) in [6.07, 6.45) is -25.8. The summed E-state index contributed by atoms with van der Waals surface area (Å²) in [4.78, 5) is 120. The van der Waals surface area contributed by atoms with Gasteiger partial charge in [-0.1, -0.05) is 0 Å². The van der Waals surface area contributed by atoms with Gasteiger partial charge in [-0.3, -0.25) is 65.0 Å². The number of nitrogens with two attached hydrogens (primary N) is 3. The molecular formula is C38H48N15O28P4+. The molecule has 85 heavy (non-hydrogen) atoms. The van der Waals surface area contributed by atoms with Crippen molar-refractivity contribution in [3.05, 3.63) is 85.2 Å². The number of nitrogen functional groups attached to an aromatic ring is 3. The number of nitrogens with one attached hydrogen (secondary N) is 2. The van der Waals surface area contributed by atoms with E-state index in [1.54, 1.807) is 0 Å². The van der Waals surface area contributed by atoms with E-state index < -0.39 is 185 Å². The van der Waals surface area contributed by atoms with Gasteiger partial charge < -0.3 is 76.4 Å². The van der Waals surface area contributed by atoms with Gasteiger partial charge in [0.25, 0.3) is 11.1 Å². The summed E-state index contributed by atoms with van der Waals surface area (Å²) in [6, 6.07) is 1.92. The molecule has 4 saturated heterocycles. The summed E-state index contributed by atoms with van der Waals surface area (Å²) >= 11 is 0. The number of rotatable bonds is 22. The maximum Gasteiger partial charge on any atom is 0.694 e. The zero-order valence-corrected chi connectivity index (χ0v) is 46.0. The van der Waals surface area contributed by atoms with Crippen molar-refractivity contribution in [2.75, 3.05) is 43.6 Å². The number of anilines is 3. The van der Waals surface area contributed by atoms with Crippen LogP contribution in [0.25, 0.3) is 22.3 Å². The van der Waals surface area contributed by atoms with Gasteiger partial charge in [-0.15, -0.1) is 9.42 Å². The van der Waals surface area contributed by atoms with Gasteiger partial charge >= 0.3 is 43.1 Å². The number of ether oxygens (including phenoxy) is 4. The first-order chi connectivity index (χ1) is 40.1. The summed E-state index contributed by atoms with van der Waals surface area (Å²) in [7, 11) is -20.3. The minimum atomic E-state index is -5.79. The summed E-state index contributed by atoms with van der Waals surface area (Å²) in [5.74, 6) is -0.783. The molecule has 0 saturated carbocycles. The second kappa shape index (κ2) is 24.2. The highest BCUT2D eigenvalue weighted by Gasteiger charge is 2.55. The van der Waals surface area contributed by atoms with E-state index in [0.717, 1.165) is 41.7 Å². The lowest BCUT2D eigenvalue weighted by Gasteiger charge is -2.26. The van der Waals surface area contributed by atoms with Crippen molar-refractivity contribution in [3.63, 3.8) is 0 Å². The topological polar surface area (TPSA) is 627 Å². The third kappa shape index (κ3) is 13.0. The highest BCUT2D eigenvalue weighted by molar-refractivity contribution is 7.48. The lowest BCUT2D eigenvalue weighted by atomic mass is 10.1. The Morgan fingerprint density at radius 3 is 1.61 bits per heavy atom. The van der Waals surface area contributed by atoms with Crippen molar-refractivity contribution in [1.82, 2.24) is 58.1 Å². The number of phosphoric acid groups is 3. The molecule has 6 aromatic heterocycles. The van der Waals surface area contributed by atoms with Crippen molar-refractivity contribution < 1.29 is 114 Å². The minimum absolute atomic E-state index is 0.0283. The molecule has 4 unspecified atom stereocenters. The molecule has 0 aromatic carbocycles. The highest BCUT2D eigenvalue weighted by Crippen LogP contribution is 2.54. The van der Waals surface area contributed by atoms with E-state index in [2.05, 4.69) is 39.4 Å². The Morgan fingerprint density at radius 2 is 1.06 bits per heavy atom. The fraction of sp³-hybridized carbons (Fsp3) is 0.526. The van der Waals surface area contributed by atoms with Gasteiger partial charge in [0, 0.05) is 23.0 Å². The molecule has 0 spiro atoms. The SMILES string of the molecule is Nc1ccn([C@@H]2O[C@H](COP(=O)(O)O[C@H]3[C@@H](O)[C@H](n4ccc(=O)[nH]c4=O)O[C@@H]3CO[P+](=O)O)[C@@H](OP(=O)(O)OC[C@H]3O[C@@H](n4cnc5c(=O)[nH]c(N)nc54)[C@H](O)[C@@H]3OP(=O)(O)OC[C@H]3O[C@@H](n4cnc5c(N)ncnc54)[C@H](O)[C@@H]3O)[C@H]2O)c(=O)n1. The van der Waals surface area contributed by atoms with Crippen LogP contribution in [0.3, 0.4) is 0 Å². The molecule has 20 atom stereocenters. The lowest BCUT2D eigenvalue weighted by molar-refractivity contribution is -0.0640. The summed E-state index contributed by atoms with van der Waals surface area (Å²) in [5.41, 5.74) is 12.7. The minimum Gasteiger partial charge on any atom is -0.387 e. The number of fused-ring (bicyclic) bond motifs is 2. The van der Waals surface area contributed by atoms with Crippen molar-refractivity contribution in [3.8, 4) is 0 Å². The largest absolute Gasteiger partial charge is 0.694 e. The molecule has 6 aromatic rings. The number of aliphatic hydroxyl groups excluding tert-OH is 5. The number of hydrogen-bond acceptors (Lipinski definition) is 33. The highest BCUT2D eigenvalue weighted by atomic mass is 31.2. The van der Waals surface area contributed by atoms with E-state index >= 15 is 0 Å². The summed E-state index contributed by atoms with van der Waals surface area (Å²) in [6.45, 7) is -4.52. The Kier molecular flexibility index (Phi) is 17.6. The molecular weight excluding hydrogens is 1240 g/mol. The standard InChI is InChI=1S/C38H47N15O28P4/c39-16-1-3-50(37(61)46-16)33-23(58)26(14(77-33)7-73-84(67,68)79-25-13(5-71-82(63)64)76-34(22(25)57)51-4-2-17(54)47-38(51)62)80-85(69,70)74-8-15-27(24(59)35(78-15)53-11-45-19-30(53)48-36(41)49-31(19)60)81-83(65,66)72-6-12-20(55)21(56)32(75-12)52-10-44-18-28(40)42-9-43-29(18)52/h1-4,9-15,20-27,32-35,55-59H,5-8H2,(H11-,39,40,41,42,43,46,47,48,49,54,60,61,62,63,64,65,66,67,68,69,70)/p+1/t12-,13-,14-,15-,20-,21-,22-,23-,24-,25-,26-,27-,32-,33-,34-,35-/m1/s1. The first kappa shape index (κ1) is 61.9. The molecule has 10 rings (SSSR count). The van der Waals surface area contributed by atoms with Crippen LogP contribution in [0.15, 0.2) is 62.7 Å². The van der Waals surface area contributed by atoms with Gasteiger partial charge in [0.05, 0.1) is 32.5 Å². The summed E-state index contributed by atoms with van der Waals surface area (Å²) in [5, 5.41) is 56.3. The molecule has 0 amide bonds. The Bertz CT molecular complexity index is 3890. The van der Waals surface area contributed by atoms with Crippen molar-refractivity contribution in [2.24, 2.45) is 0 Å². The molecule has 43 nitrogen and oxygen atoms in total. The molecule has 0 radical (unpaired) electrons. The maximum absolute atomic E-state index is 14.0. The predicted octanol–water partition coefficient (Wildman–Crippen LogP) is -5.92. The Hall–Kier alpha value is -6.15. The first-order valence-corrected chi connectivity index (χ1v) is 29.8. The van der Waals surface area contributed by atoms with Crippen molar-refractivity contribution >= 4 is 71.6 Å². The molecule has 47 heteroatoms. The molecule has 17 N–H and O–H groups in total. The lowest BCUT2D eigenvalue weighted by Crippen LogP contribution is -2.39. The van der Waals surface area contributed by atoms with E-state index in [0.29, 0.717) is 9.13 Å². The van der Waals surface area contributed by atoms with Gasteiger partial charge in [-0.2, -0.15) is 9.97 Å².